The Morgan fingerprint density at radius 1 is 1.05 bits per heavy atom. The van der Waals surface area contributed by atoms with Crippen molar-refractivity contribution in [1.29, 1.82) is 0 Å². The third-order valence-electron chi connectivity index (χ3n) is 3.29. The van der Waals surface area contributed by atoms with Gasteiger partial charge in [0.1, 0.15) is 0 Å². The van der Waals surface area contributed by atoms with Gasteiger partial charge in [-0.25, -0.2) is 9.55 Å². The van der Waals surface area contributed by atoms with Crippen molar-refractivity contribution in [3.63, 3.8) is 0 Å². The van der Waals surface area contributed by atoms with Crippen LogP contribution in [0.1, 0.15) is 5.56 Å². The Morgan fingerprint density at radius 3 is 2.47 bits per heavy atom. The van der Waals surface area contributed by atoms with E-state index in [1.807, 2.05) is 24.3 Å². The Morgan fingerprint density at radius 2 is 1.74 bits per heavy atom. The smallest absolute Gasteiger partial charge is 0.287 e. The van der Waals surface area contributed by atoms with E-state index in [2.05, 4.69) is 53.5 Å². The van der Waals surface area contributed by atoms with Gasteiger partial charge in [0.05, 0.1) is 12.6 Å². The number of aryl methyl sites for hydroxylation is 1. The summed E-state index contributed by atoms with van der Waals surface area (Å²) in [5.74, 6) is 1.10. The van der Waals surface area contributed by atoms with Crippen molar-refractivity contribution < 1.29 is 17.0 Å². The first-order valence-electron chi connectivity index (χ1n) is 6.00. The van der Waals surface area contributed by atoms with Gasteiger partial charge in [-0.1, -0.05) is 43.0 Å². The Bertz CT molecular complexity index is 728. The van der Waals surface area contributed by atoms with E-state index in [9.17, 15) is 0 Å². The van der Waals surface area contributed by atoms with Crippen LogP contribution in [0.3, 0.4) is 0 Å². The molecule has 2 aromatic carbocycles. The molecule has 0 atom stereocenters. The minimum absolute atomic E-state index is 0. The molecule has 0 fully saturated rings. The number of hydrogen-bond donors (Lipinski definition) is 1. The number of fused-ring (bicyclic) bond motifs is 1. The molecular formula is C16H15ClN2. The Balaban J connectivity index is 0.00000133. The lowest BCUT2D eigenvalue weighted by Gasteiger charge is -2.00. The van der Waals surface area contributed by atoms with E-state index in [4.69, 9.17) is 0 Å². The van der Waals surface area contributed by atoms with Crippen LogP contribution in [-0.4, -0.2) is 4.98 Å². The number of nitrogens with one attached hydrogen (secondary N) is 1. The summed E-state index contributed by atoms with van der Waals surface area (Å²) in [6, 6.07) is 16.6. The van der Waals surface area contributed by atoms with E-state index in [0.717, 1.165) is 16.9 Å². The second-order valence-electron chi connectivity index (χ2n) is 4.34. The first-order chi connectivity index (χ1) is 8.81. The standard InChI is InChI=1S/C16H14N2.ClH/c1-3-12-8-4-5-9-13(12)16-17-14-10-6-7-11-15(14)18(16)2;/h3-11H,1H2,2H3;1H. The maximum atomic E-state index is 3.88. The summed E-state index contributed by atoms with van der Waals surface area (Å²) in [6.07, 6.45) is 1.89. The van der Waals surface area contributed by atoms with Crippen molar-refractivity contribution in [1.82, 2.24) is 4.98 Å². The number of halogens is 1. The number of aromatic nitrogens is 2. The number of H-pyrrole nitrogens is 1. The molecule has 0 aliphatic rings. The zero-order chi connectivity index (χ0) is 12.5. The van der Waals surface area contributed by atoms with Crippen molar-refractivity contribution >= 4 is 17.1 Å². The topological polar surface area (TPSA) is 19.7 Å². The molecule has 3 rings (SSSR count). The maximum Gasteiger partial charge on any atom is 0.287 e. The van der Waals surface area contributed by atoms with E-state index in [1.54, 1.807) is 0 Å². The average Bonchev–Trinajstić information content (AvgIpc) is 2.76. The highest BCUT2D eigenvalue weighted by Gasteiger charge is 2.18. The molecule has 1 N–H and O–H groups in total. The molecule has 0 saturated carbocycles. The molecule has 0 aliphatic carbocycles. The molecule has 0 radical (unpaired) electrons. The fourth-order valence-electron chi connectivity index (χ4n) is 2.34. The number of rotatable bonds is 2. The molecule has 0 bridgehead atoms. The van der Waals surface area contributed by atoms with Crippen LogP contribution >= 0.6 is 0 Å². The quantitative estimate of drug-likeness (QED) is 0.647. The normalized spacial score (nSPS) is 10.2. The third kappa shape index (κ3) is 2.15. The molecule has 0 unspecified atom stereocenters. The lowest BCUT2D eigenvalue weighted by atomic mass is 10.1. The van der Waals surface area contributed by atoms with Gasteiger partial charge in [0, 0.05) is 0 Å². The van der Waals surface area contributed by atoms with Gasteiger partial charge in [-0.2, -0.15) is 0 Å². The van der Waals surface area contributed by atoms with Gasteiger partial charge in [0.2, 0.25) is 0 Å². The summed E-state index contributed by atoms with van der Waals surface area (Å²) in [7, 11) is 2.08. The minimum Gasteiger partial charge on any atom is -1.00 e. The van der Waals surface area contributed by atoms with Crippen LogP contribution in [0.5, 0.6) is 0 Å². The van der Waals surface area contributed by atoms with Crippen LogP contribution in [-0.2, 0) is 7.05 Å². The summed E-state index contributed by atoms with van der Waals surface area (Å²) in [6.45, 7) is 3.88. The number of nitrogens with zero attached hydrogens (tertiary/aromatic N) is 1. The maximum absolute atomic E-state index is 3.88. The van der Waals surface area contributed by atoms with Crippen LogP contribution in [0.2, 0.25) is 0 Å². The van der Waals surface area contributed by atoms with Crippen molar-refractivity contribution in [3.8, 4) is 11.4 Å². The second kappa shape index (κ2) is 5.29. The lowest BCUT2D eigenvalue weighted by molar-refractivity contribution is -0.633. The van der Waals surface area contributed by atoms with E-state index >= 15 is 0 Å². The first kappa shape index (κ1) is 13.4. The van der Waals surface area contributed by atoms with E-state index < -0.39 is 0 Å². The fourth-order valence-corrected chi connectivity index (χ4v) is 2.34. The Hall–Kier alpha value is -2.06. The van der Waals surface area contributed by atoms with Gasteiger partial charge in [0.15, 0.2) is 11.0 Å². The van der Waals surface area contributed by atoms with Crippen LogP contribution in [0.4, 0.5) is 0 Å². The molecular weight excluding hydrogens is 256 g/mol. The molecule has 0 saturated heterocycles. The highest BCUT2D eigenvalue weighted by molar-refractivity contribution is 5.77. The zero-order valence-corrected chi connectivity index (χ0v) is 11.5. The molecule has 19 heavy (non-hydrogen) atoms. The van der Waals surface area contributed by atoms with Crippen LogP contribution < -0.4 is 17.0 Å². The summed E-state index contributed by atoms with van der Waals surface area (Å²) in [4.78, 5) is 3.47. The average molecular weight is 271 g/mol. The number of para-hydroxylation sites is 2. The number of benzene rings is 2. The van der Waals surface area contributed by atoms with Crippen molar-refractivity contribution in [2.24, 2.45) is 7.05 Å². The molecule has 2 nitrogen and oxygen atoms in total. The second-order valence-corrected chi connectivity index (χ2v) is 4.34. The van der Waals surface area contributed by atoms with Gasteiger partial charge in [-0.15, -0.1) is 0 Å². The van der Waals surface area contributed by atoms with Crippen molar-refractivity contribution in [2.75, 3.05) is 0 Å². The lowest BCUT2D eigenvalue weighted by Crippen LogP contribution is -3.00. The molecule has 3 heteroatoms. The molecule has 96 valence electrons. The number of aromatic amines is 1. The number of imidazole rings is 1. The van der Waals surface area contributed by atoms with E-state index in [0.29, 0.717) is 0 Å². The first-order valence-corrected chi connectivity index (χ1v) is 6.00. The summed E-state index contributed by atoms with van der Waals surface area (Å²) < 4.78 is 2.18. The highest BCUT2D eigenvalue weighted by atomic mass is 35.5. The van der Waals surface area contributed by atoms with Crippen molar-refractivity contribution in [3.05, 3.63) is 60.7 Å². The van der Waals surface area contributed by atoms with Gasteiger partial charge >= 0.3 is 0 Å². The van der Waals surface area contributed by atoms with Crippen LogP contribution in [0.25, 0.3) is 28.5 Å². The molecule has 0 aliphatic heterocycles. The van der Waals surface area contributed by atoms with Gasteiger partial charge < -0.3 is 12.4 Å². The zero-order valence-electron chi connectivity index (χ0n) is 10.7. The summed E-state index contributed by atoms with van der Waals surface area (Å²) in [5, 5.41) is 0. The third-order valence-corrected chi connectivity index (χ3v) is 3.29. The largest absolute Gasteiger partial charge is 1.00 e. The predicted octanol–water partition coefficient (Wildman–Crippen LogP) is 0.306. The van der Waals surface area contributed by atoms with Crippen LogP contribution in [0, 0.1) is 0 Å². The van der Waals surface area contributed by atoms with E-state index in [-0.39, 0.29) is 12.4 Å². The van der Waals surface area contributed by atoms with Gasteiger partial charge in [-0.05, 0) is 23.8 Å². The van der Waals surface area contributed by atoms with Crippen molar-refractivity contribution in [2.45, 2.75) is 0 Å². The van der Waals surface area contributed by atoms with Gasteiger partial charge in [0.25, 0.3) is 5.82 Å². The monoisotopic (exact) mass is 270 g/mol. The molecule has 0 amide bonds. The van der Waals surface area contributed by atoms with Crippen LogP contribution in [0.15, 0.2) is 55.1 Å². The minimum atomic E-state index is 0. The molecule has 0 spiro atoms. The summed E-state index contributed by atoms with van der Waals surface area (Å²) >= 11 is 0. The molecule has 3 aromatic rings. The molecule has 1 aromatic heterocycles. The predicted molar refractivity (Wildman–Crippen MR) is 75.0 cm³/mol. The SMILES string of the molecule is C=Cc1ccccc1-c1[nH]c2ccccc2[n+]1C.[Cl-]. The Kier molecular flexibility index (Phi) is 3.72. The van der Waals surface area contributed by atoms with E-state index in [1.165, 1.54) is 11.1 Å². The highest BCUT2D eigenvalue weighted by Crippen LogP contribution is 2.22. The number of hydrogen-bond acceptors (Lipinski definition) is 0. The fraction of sp³-hybridized carbons (Fsp3) is 0.0625. The Labute approximate surface area is 118 Å². The van der Waals surface area contributed by atoms with Gasteiger partial charge in [-0.3, -0.25) is 0 Å². The molecule has 1 heterocycles. The summed E-state index contributed by atoms with van der Waals surface area (Å²) in [5.41, 5.74) is 4.66.